The van der Waals surface area contributed by atoms with Crippen LogP contribution in [0.5, 0.6) is 0 Å². The fraction of sp³-hybridized carbons (Fsp3) is 1.00. The molecule has 0 aromatic carbocycles. The van der Waals surface area contributed by atoms with Crippen molar-refractivity contribution < 1.29 is 4.39 Å². The van der Waals surface area contributed by atoms with E-state index in [1.807, 2.05) is 20.8 Å². The first kappa shape index (κ1) is 12.0. The van der Waals surface area contributed by atoms with Crippen LogP contribution in [0.4, 0.5) is 4.39 Å². The summed E-state index contributed by atoms with van der Waals surface area (Å²) in [5.74, 6) is 0. The molecule has 1 unspecified atom stereocenters. The summed E-state index contributed by atoms with van der Waals surface area (Å²) in [6.45, 7) is 13.9. The normalized spacial score (nSPS) is 31.1. The number of likely N-dealkylation sites (tertiary alicyclic amines) is 1. The molecular formula is C12H24FN. The van der Waals surface area contributed by atoms with Gasteiger partial charge in [-0.25, -0.2) is 4.39 Å². The summed E-state index contributed by atoms with van der Waals surface area (Å²) >= 11 is 0. The van der Waals surface area contributed by atoms with E-state index in [9.17, 15) is 4.39 Å². The van der Waals surface area contributed by atoms with E-state index in [1.165, 1.54) is 0 Å². The second kappa shape index (κ2) is 3.19. The molecule has 14 heavy (non-hydrogen) atoms. The van der Waals surface area contributed by atoms with Crippen LogP contribution >= 0.6 is 0 Å². The van der Waals surface area contributed by atoms with Crippen LogP contribution in [-0.4, -0.2) is 29.2 Å². The molecule has 0 bridgehead atoms. The zero-order valence-electron chi connectivity index (χ0n) is 10.4. The zero-order chi connectivity index (χ0) is 11.2. The monoisotopic (exact) mass is 201 g/mol. The Morgan fingerprint density at radius 3 is 1.79 bits per heavy atom. The Balaban J connectivity index is 2.75. The quantitative estimate of drug-likeness (QED) is 0.581. The maximum absolute atomic E-state index is 14.6. The van der Waals surface area contributed by atoms with Crippen molar-refractivity contribution in [3.63, 3.8) is 0 Å². The molecule has 1 saturated heterocycles. The number of nitrogens with zero attached hydrogens (tertiary/aromatic N) is 1. The topological polar surface area (TPSA) is 3.24 Å². The van der Waals surface area contributed by atoms with Crippen LogP contribution in [0.2, 0.25) is 0 Å². The van der Waals surface area contributed by atoms with Crippen LogP contribution in [0.1, 0.15) is 48.0 Å². The average Bonchev–Trinajstić information content (AvgIpc) is 2.29. The van der Waals surface area contributed by atoms with Crippen LogP contribution in [0.15, 0.2) is 0 Å². The fourth-order valence-corrected chi connectivity index (χ4v) is 1.96. The Morgan fingerprint density at radius 2 is 1.57 bits per heavy atom. The third-order valence-electron chi connectivity index (χ3n) is 3.51. The first-order valence-electron chi connectivity index (χ1n) is 5.50. The van der Waals surface area contributed by atoms with Gasteiger partial charge in [0.1, 0.15) is 5.67 Å². The van der Waals surface area contributed by atoms with E-state index in [1.54, 1.807) is 0 Å². The Bertz CT molecular complexity index is 211. The van der Waals surface area contributed by atoms with Crippen molar-refractivity contribution >= 4 is 0 Å². The van der Waals surface area contributed by atoms with Gasteiger partial charge < -0.3 is 0 Å². The molecule has 2 heteroatoms. The van der Waals surface area contributed by atoms with Gasteiger partial charge in [0, 0.05) is 18.6 Å². The van der Waals surface area contributed by atoms with Crippen molar-refractivity contribution in [1.82, 2.24) is 4.90 Å². The molecule has 0 aromatic rings. The summed E-state index contributed by atoms with van der Waals surface area (Å²) in [5.41, 5.74) is -1.16. The molecule has 1 aliphatic rings. The summed E-state index contributed by atoms with van der Waals surface area (Å²) in [6, 6.07) is 0. The van der Waals surface area contributed by atoms with E-state index in [-0.39, 0.29) is 11.0 Å². The van der Waals surface area contributed by atoms with Gasteiger partial charge in [-0.1, -0.05) is 20.8 Å². The lowest BCUT2D eigenvalue weighted by molar-refractivity contribution is 0.0263. The van der Waals surface area contributed by atoms with Crippen LogP contribution in [0.25, 0.3) is 0 Å². The second-order valence-corrected chi connectivity index (χ2v) is 6.56. The minimum Gasteiger partial charge on any atom is -0.295 e. The maximum Gasteiger partial charge on any atom is 0.129 e. The van der Waals surface area contributed by atoms with Gasteiger partial charge in [-0.05, 0) is 32.6 Å². The fourth-order valence-electron chi connectivity index (χ4n) is 1.96. The van der Waals surface area contributed by atoms with Crippen molar-refractivity contribution in [3.8, 4) is 0 Å². The van der Waals surface area contributed by atoms with Crippen molar-refractivity contribution in [3.05, 3.63) is 0 Å². The number of hydrogen-bond acceptors (Lipinski definition) is 1. The van der Waals surface area contributed by atoms with E-state index >= 15 is 0 Å². The van der Waals surface area contributed by atoms with E-state index in [0.717, 1.165) is 6.54 Å². The Labute approximate surface area is 87.7 Å². The van der Waals surface area contributed by atoms with Gasteiger partial charge in [-0.3, -0.25) is 4.90 Å². The number of rotatable bonds is 0. The molecule has 0 aliphatic carbocycles. The lowest BCUT2D eigenvalue weighted by Crippen LogP contribution is -2.46. The third kappa shape index (κ3) is 2.10. The van der Waals surface area contributed by atoms with Gasteiger partial charge in [0.2, 0.25) is 0 Å². The van der Waals surface area contributed by atoms with Gasteiger partial charge in [0.25, 0.3) is 0 Å². The van der Waals surface area contributed by atoms with Gasteiger partial charge in [0.15, 0.2) is 0 Å². The van der Waals surface area contributed by atoms with Crippen molar-refractivity contribution in [2.45, 2.75) is 59.2 Å². The molecule has 1 rings (SSSR count). The number of alkyl halides is 1. The predicted octanol–water partition coefficient (Wildman–Crippen LogP) is 3.25. The minimum atomic E-state index is -1.01. The molecule has 1 nitrogen and oxygen atoms in total. The molecule has 1 atom stereocenters. The van der Waals surface area contributed by atoms with Gasteiger partial charge in [0.05, 0.1) is 0 Å². The Morgan fingerprint density at radius 1 is 1.07 bits per heavy atom. The number of halogens is 1. The summed E-state index contributed by atoms with van der Waals surface area (Å²) in [7, 11) is 0. The minimum absolute atomic E-state index is 0.0963. The molecule has 0 amide bonds. The van der Waals surface area contributed by atoms with Crippen molar-refractivity contribution in [2.75, 3.05) is 13.1 Å². The van der Waals surface area contributed by atoms with Gasteiger partial charge in [-0.15, -0.1) is 0 Å². The summed E-state index contributed by atoms with van der Waals surface area (Å²) < 4.78 is 14.6. The smallest absolute Gasteiger partial charge is 0.129 e. The summed E-state index contributed by atoms with van der Waals surface area (Å²) in [4.78, 5) is 2.25. The Kier molecular flexibility index (Phi) is 2.73. The number of hydrogen-bond donors (Lipinski definition) is 0. The van der Waals surface area contributed by atoms with Crippen LogP contribution in [-0.2, 0) is 0 Å². The molecule has 0 radical (unpaired) electrons. The van der Waals surface area contributed by atoms with Crippen LogP contribution in [0.3, 0.4) is 0 Å². The van der Waals surface area contributed by atoms with Gasteiger partial charge in [-0.2, -0.15) is 0 Å². The van der Waals surface area contributed by atoms with E-state index < -0.39 is 5.67 Å². The SMILES string of the molecule is CC(C)(C)N1CCC(F)(C(C)(C)C)C1. The molecule has 0 spiro atoms. The standard InChI is InChI=1S/C12H24FN/c1-10(2,3)12(13)7-8-14(9-12)11(4,5)6/h7-9H2,1-6H3. The summed E-state index contributed by atoms with van der Waals surface area (Å²) in [6.07, 6.45) is 0.674. The molecule has 1 aliphatic heterocycles. The molecular weight excluding hydrogens is 177 g/mol. The molecule has 0 N–H and O–H groups in total. The first-order chi connectivity index (χ1) is 6.06. The highest BCUT2D eigenvalue weighted by Gasteiger charge is 2.49. The van der Waals surface area contributed by atoms with Crippen LogP contribution < -0.4 is 0 Å². The summed E-state index contributed by atoms with van der Waals surface area (Å²) in [5, 5.41) is 0. The highest BCUT2D eigenvalue weighted by Crippen LogP contribution is 2.43. The highest BCUT2D eigenvalue weighted by atomic mass is 19.1. The van der Waals surface area contributed by atoms with Crippen LogP contribution in [0, 0.1) is 5.41 Å². The first-order valence-corrected chi connectivity index (χ1v) is 5.50. The van der Waals surface area contributed by atoms with Gasteiger partial charge >= 0.3 is 0 Å². The van der Waals surface area contributed by atoms with E-state index in [2.05, 4.69) is 25.7 Å². The highest BCUT2D eigenvalue weighted by molar-refractivity contribution is 5.01. The largest absolute Gasteiger partial charge is 0.295 e. The maximum atomic E-state index is 14.6. The lowest BCUT2D eigenvalue weighted by Gasteiger charge is -2.37. The molecule has 84 valence electrons. The predicted molar refractivity (Wildman–Crippen MR) is 59.2 cm³/mol. The van der Waals surface area contributed by atoms with E-state index in [4.69, 9.17) is 0 Å². The molecule has 0 aromatic heterocycles. The average molecular weight is 201 g/mol. The third-order valence-corrected chi connectivity index (χ3v) is 3.51. The Hall–Kier alpha value is -0.110. The molecule has 0 saturated carbocycles. The van der Waals surface area contributed by atoms with E-state index in [0.29, 0.717) is 13.0 Å². The van der Waals surface area contributed by atoms with Crippen molar-refractivity contribution in [1.29, 1.82) is 0 Å². The molecule has 1 heterocycles. The lowest BCUT2D eigenvalue weighted by atomic mass is 9.77. The zero-order valence-corrected chi connectivity index (χ0v) is 10.4. The van der Waals surface area contributed by atoms with Crippen molar-refractivity contribution in [2.24, 2.45) is 5.41 Å². The second-order valence-electron chi connectivity index (χ2n) is 6.56. The molecule has 1 fully saturated rings.